The van der Waals surface area contributed by atoms with Gasteiger partial charge in [0, 0.05) is 0 Å². The Morgan fingerprint density at radius 3 is 1.51 bits per heavy atom. The topological polar surface area (TPSA) is 94.5 Å². The summed E-state index contributed by atoms with van der Waals surface area (Å²) >= 11 is 0. The van der Waals surface area contributed by atoms with E-state index in [-0.39, 0.29) is 5.57 Å². The summed E-state index contributed by atoms with van der Waals surface area (Å²) in [6, 6.07) is 19.5. The Morgan fingerprint density at radius 1 is 0.651 bits per heavy atom. The molecule has 43 heavy (non-hydrogen) atoms. The van der Waals surface area contributed by atoms with E-state index in [1.807, 2.05) is 24.3 Å². The zero-order valence-corrected chi connectivity index (χ0v) is 25.6. The van der Waals surface area contributed by atoms with Gasteiger partial charge in [-0.1, -0.05) is 108 Å². The molecule has 0 unspecified atom stereocenters. The third-order valence-electron chi connectivity index (χ3n) is 7.65. The summed E-state index contributed by atoms with van der Waals surface area (Å²) in [4.78, 5) is 26.5. The molecule has 0 bridgehead atoms. The molecule has 0 heterocycles. The highest BCUT2D eigenvalue weighted by Gasteiger charge is 2.17. The maximum Gasteiger partial charge on any atom is 0.383 e. The number of hydrogen-bond donors (Lipinski definition) is 2. The van der Waals surface area contributed by atoms with Gasteiger partial charge in [0.25, 0.3) is 0 Å². The Kier molecular flexibility index (Phi) is 14.8. The van der Waals surface area contributed by atoms with E-state index in [1.165, 1.54) is 73.6 Å². The molecule has 0 aliphatic heterocycles. The first-order chi connectivity index (χ1) is 21.0. The third-order valence-corrected chi connectivity index (χ3v) is 7.65. The van der Waals surface area contributed by atoms with Gasteiger partial charge in [0.15, 0.2) is 11.5 Å². The van der Waals surface area contributed by atoms with E-state index in [0.717, 1.165) is 36.8 Å². The van der Waals surface area contributed by atoms with Crippen LogP contribution in [0.3, 0.4) is 0 Å². The van der Waals surface area contributed by atoms with Crippen LogP contribution in [0.5, 0.6) is 11.5 Å². The first kappa shape index (κ1) is 33.8. The Balaban J connectivity index is 1.98. The quantitative estimate of drug-likeness (QED) is 0.0586. The summed E-state index contributed by atoms with van der Waals surface area (Å²) in [5.74, 6) is -0.000674. The fourth-order valence-corrected chi connectivity index (χ4v) is 5.25. The molecule has 0 aliphatic rings. The van der Waals surface area contributed by atoms with Crippen LogP contribution >= 0.6 is 0 Å². The van der Waals surface area contributed by atoms with Gasteiger partial charge in [0.2, 0.25) is 0 Å². The van der Waals surface area contributed by atoms with Gasteiger partial charge in [0.05, 0.1) is 12.2 Å². The summed E-state index contributed by atoms with van der Waals surface area (Å²) in [5.41, 5.74) is 7.19. The van der Waals surface area contributed by atoms with Crippen LogP contribution in [0.2, 0.25) is 0 Å². The van der Waals surface area contributed by atoms with Gasteiger partial charge >= 0.3 is 5.97 Å². The van der Waals surface area contributed by atoms with Gasteiger partial charge in [-0.3, -0.25) is 4.89 Å². The summed E-state index contributed by atoms with van der Waals surface area (Å²) in [5, 5.41) is 21.6. The molecule has 3 aromatic carbocycles. The zero-order valence-electron chi connectivity index (χ0n) is 25.6. The second-order valence-corrected chi connectivity index (χ2v) is 10.9. The van der Waals surface area contributed by atoms with E-state index >= 15 is 0 Å². The molecule has 0 atom stereocenters. The second-order valence-electron chi connectivity index (χ2n) is 10.9. The van der Waals surface area contributed by atoms with Crippen molar-refractivity contribution in [3.63, 3.8) is 0 Å². The molecular formula is C36H46O7. The van der Waals surface area contributed by atoms with Gasteiger partial charge < -0.3 is 9.99 Å². The van der Waals surface area contributed by atoms with E-state index < -0.39 is 12.6 Å². The number of aliphatic hydroxyl groups excluding tert-OH is 1. The Morgan fingerprint density at radius 2 is 1.09 bits per heavy atom. The number of carbonyl (C=O) groups is 1. The minimum atomic E-state index is -0.806. The SMILES string of the molecule is C=C(CO)C(=O)OOc1ccc(-c2ccc(-c3ccc(OOO)cc3)c(CCCCCCC)c2CCCCCCC)cc1. The van der Waals surface area contributed by atoms with Crippen molar-refractivity contribution >= 4 is 5.97 Å². The summed E-state index contributed by atoms with van der Waals surface area (Å²) in [7, 11) is 0. The number of aliphatic hydroxyl groups is 1. The number of hydrogen-bond acceptors (Lipinski definition) is 7. The first-order valence-electron chi connectivity index (χ1n) is 15.5. The standard InChI is InChI=1S/C36H46O7/c1-4-6-8-10-12-14-34-32(28-16-20-30(21-17-28)40-42-36(38)27(3)26-37)24-25-33(35(34)15-13-11-9-7-5-2)29-18-22-31(23-19-29)41-43-39/h16-25,37,39H,3-15,26H2,1-2H3. The van der Waals surface area contributed by atoms with Crippen LogP contribution in [0.4, 0.5) is 0 Å². The highest BCUT2D eigenvalue weighted by molar-refractivity contribution is 5.87. The lowest BCUT2D eigenvalue weighted by Crippen LogP contribution is -2.12. The molecule has 0 amide bonds. The zero-order chi connectivity index (χ0) is 30.9. The molecule has 0 fully saturated rings. The van der Waals surface area contributed by atoms with Crippen LogP contribution in [0.1, 0.15) is 89.2 Å². The van der Waals surface area contributed by atoms with Crippen molar-refractivity contribution in [2.75, 3.05) is 6.61 Å². The highest BCUT2D eigenvalue weighted by Crippen LogP contribution is 2.37. The van der Waals surface area contributed by atoms with Gasteiger partial charge in [-0.2, -0.15) is 0 Å². The van der Waals surface area contributed by atoms with Crippen LogP contribution in [0.25, 0.3) is 22.3 Å². The van der Waals surface area contributed by atoms with E-state index in [1.54, 1.807) is 24.3 Å². The smallest absolute Gasteiger partial charge is 0.383 e. The van der Waals surface area contributed by atoms with Crippen molar-refractivity contribution in [3.05, 3.63) is 83.9 Å². The number of unbranched alkanes of at least 4 members (excludes halogenated alkanes) is 8. The van der Waals surface area contributed by atoms with E-state index in [0.29, 0.717) is 11.5 Å². The average Bonchev–Trinajstić information content (AvgIpc) is 3.04. The third kappa shape index (κ3) is 10.5. The van der Waals surface area contributed by atoms with E-state index in [4.69, 9.17) is 25.0 Å². The lowest BCUT2D eigenvalue weighted by atomic mass is 9.84. The number of benzene rings is 3. The molecule has 3 rings (SSSR count). The maximum atomic E-state index is 11.8. The van der Waals surface area contributed by atoms with Crippen LogP contribution in [0.15, 0.2) is 72.8 Å². The molecule has 3 aromatic rings. The normalized spacial score (nSPS) is 10.9. The van der Waals surface area contributed by atoms with Crippen LogP contribution in [-0.4, -0.2) is 22.9 Å². The van der Waals surface area contributed by atoms with Gasteiger partial charge in [-0.05, 0) is 88.4 Å². The molecule has 0 saturated heterocycles. The maximum absolute atomic E-state index is 11.8. The van der Waals surface area contributed by atoms with Crippen molar-refractivity contribution < 1.29 is 34.9 Å². The Bertz CT molecular complexity index is 1270. The van der Waals surface area contributed by atoms with Crippen molar-refractivity contribution in [1.29, 1.82) is 0 Å². The van der Waals surface area contributed by atoms with Gasteiger partial charge in [-0.25, -0.2) is 14.9 Å². The summed E-state index contributed by atoms with van der Waals surface area (Å²) in [6.07, 6.45) is 14.0. The summed E-state index contributed by atoms with van der Waals surface area (Å²) in [6.45, 7) is 7.43. The van der Waals surface area contributed by atoms with Crippen molar-refractivity contribution in [2.24, 2.45) is 0 Å². The molecule has 0 saturated carbocycles. The van der Waals surface area contributed by atoms with Crippen LogP contribution in [-0.2, 0) is 27.6 Å². The van der Waals surface area contributed by atoms with Crippen LogP contribution < -0.4 is 9.78 Å². The second kappa shape index (κ2) is 18.8. The fourth-order valence-electron chi connectivity index (χ4n) is 5.25. The lowest BCUT2D eigenvalue weighted by Gasteiger charge is -2.20. The molecular weight excluding hydrogens is 544 g/mol. The average molecular weight is 591 g/mol. The van der Waals surface area contributed by atoms with E-state index in [9.17, 15) is 4.79 Å². The number of rotatable bonds is 20. The summed E-state index contributed by atoms with van der Waals surface area (Å²) < 4.78 is 0. The lowest BCUT2D eigenvalue weighted by molar-refractivity contribution is -0.438. The molecule has 0 aliphatic carbocycles. The molecule has 7 nitrogen and oxygen atoms in total. The molecule has 232 valence electrons. The molecule has 0 aromatic heterocycles. The minimum Gasteiger partial charge on any atom is -0.391 e. The fraction of sp³-hybridized carbons (Fsp3) is 0.417. The van der Waals surface area contributed by atoms with Gasteiger partial charge in [-0.15, -0.1) is 0 Å². The molecule has 7 heteroatoms. The largest absolute Gasteiger partial charge is 0.391 e. The van der Waals surface area contributed by atoms with Crippen LogP contribution in [0, 0.1) is 0 Å². The Hall–Kier alpha value is -3.65. The molecule has 2 N–H and O–H groups in total. The monoisotopic (exact) mass is 590 g/mol. The van der Waals surface area contributed by atoms with E-state index in [2.05, 4.69) is 37.6 Å². The first-order valence-corrected chi connectivity index (χ1v) is 15.5. The van der Waals surface area contributed by atoms with Crippen molar-refractivity contribution in [1.82, 2.24) is 0 Å². The minimum absolute atomic E-state index is 0.0774. The predicted molar refractivity (Wildman–Crippen MR) is 170 cm³/mol. The Labute approximate surface area is 255 Å². The van der Waals surface area contributed by atoms with Crippen molar-refractivity contribution in [3.8, 4) is 33.8 Å². The predicted octanol–water partition coefficient (Wildman–Crippen LogP) is 9.22. The molecule has 0 radical (unpaired) electrons. The van der Waals surface area contributed by atoms with Crippen molar-refractivity contribution in [2.45, 2.75) is 90.9 Å². The van der Waals surface area contributed by atoms with Gasteiger partial charge in [0.1, 0.15) is 0 Å². The number of carbonyl (C=O) groups excluding carboxylic acids is 1. The molecule has 0 spiro atoms. The highest BCUT2D eigenvalue weighted by atomic mass is 17.5.